The zero-order valence-electron chi connectivity index (χ0n) is 20.4. The maximum absolute atomic E-state index is 12.4. The van der Waals surface area contributed by atoms with Crippen LogP contribution in [0.2, 0.25) is 0 Å². The van der Waals surface area contributed by atoms with Crippen molar-refractivity contribution in [1.82, 2.24) is 10.6 Å². The third-order valence-electron chi connectivity index (χ3n) is 6.66. The van der Waals surface area contributed by atoms with Crippen LogP contribution in [-0.4, -0.2) is 62.8 Å². The Morgan fingerprint density at radius 1 is 0.865 bits per heavy atom. The molecule has 0 atom stereocenters. The quantitative estimate of drug-likeness (QED) is 0.424. The molecule has 2 fully saturated rings. The van der Waals surface area contributed by atoms with E-state index < -0.39 is 16.0 Å². The van der Waals surface area contributed by atoms with Crippen molar-refractivity contribution in [2.24, 2.45) is 5.92 Å². The molecule has 2 aromatic rings. The first-order valence-electron chi connectivity index (χ1n) is 12.4. The molecule has 2 amide bonds. The third kappa shape index (κ3) is 6.79. The van der Waals surface area contributed by atoms with Crippen LogP contribution in [0.15, 0.2) is 48.5 Å². The monoisotopic (exact) mass is 529 g/mol. The Bertz CT molecular complexity index is 1220. The number of hydrogen-bond donors (Lipinski definition) is 3. The summed E-state index contributed by atoms with van der Waals surface area (Å²) in [6.07, 6.45) is 3.15. The number of carbonyl (C=O) groups excluding carboxylic acids is 2. The molecule has 1 aliphatic heterocycles. The van der Waals surface area contributed by atoms with E-state index in [1.807, 2.05) is 0 Å². The molecule has 198 valence electrons. The molecule has 0 bridgehead atoms. The number of anilines is 1. The van der Waals surface area contributed by atoms with E-state index in [1.54, 1.807) is 48.5 Å². The van der Waals surface area contributed by atoms with Crippen LogP contribution in [0.4, 0.5) is 5.69 Å². The first-order chi connectivity index (χ1) is 17.7. The van der Waals surface area contributed by atoms with Gasteiger partial charge in [-0.3, -0.25) is 18.7 Å². The van der Waals surface area contributed by atoms with Crippen LogP contribution in [0.25, 0.3) is 0 Å². The molecule has 2 aromatic carbocycles. The molecule has 1 saturated heterocycles. The molecule has 10 nitrogen and oxygen atoms in total. The van der Waals surface area contributed by atoms with E-state index in [0.29, 0.717) is 61.2 Å². The molecule has 0 radical (unpaired) electrons. The average Bonchev–Trinajstić information content (AvgIpc) is 3.26. The van der Waals surface area contributed by atoms with Gasteiger partial charge in [0.2, 0.25) is 10.0 Å². The SMILES string of the molecule is O=C(NCCNC(=O)c1ccc(N2CCCS2(=O)=O)cc1)c1ccc(OC2CCC(C(=O)O)CC2)cc1. The van der Waals surface area contributed by atoms with Gasteiger partial charge in [-0.25, -0.2) is 8.42 Å². The van der Waals surface area contributed by atoms with Gasteiger partial charge in [0.15, 0.2) is 0 Å². The number of amides is 2. The van der Waals surface area contributed by atoms with Gasteiger partial charge in [-0.05, 0) is 80.6 Å². The van der Waals surface area contributed by atoms with Crippen LogP contribution < -0.4 is 19.7 Å². The minimum Gasteiger partial charge on any atom is -0.490 e. The van der Waals surface area contributed by atoms with E-state index in [9.17, 15) is 22.8 Å². The number of sulfonamides is 1. The Balaban J connectivity index is 1.17. The number of nitrogens with one attached hydrogen (secondary N) is 2. The van der Waals surface area contributed by atoms with Crippen molar-refractivity contribution in [2.75, 3.05) is 29.7 Å². The van der Waals surface area contributed by atoms with Crippen molar-refractivity contribution in [3.8, 4) is 5.75 Å². The van der Waals surface area contributed by atoms with Crippen LogP contribution in [0, 0.1) is 5.92 Å². The minimum absolute atomic E-state index is 0.0247. The number of ether oxygens (including phenoxy) is 1. The number of carbonyl (C=O) groups is 3. The van der Waals surface area contributed by atoms with Gasteiger partial charge >= 0.3 is 5.97 Å². The molecule has 3 N–H and O–H groups in total. The maximum atomic E-state index is 12.4. The number of hydrogen-bond acceptors (Lipinski definition) is 6. The number of aliphatic carboxylic acids is 1. The molecule has 0 aromatic heterocycles. The average molecular weight is 530 g/mol. The highest BCUT2D eigenvalue weighted by Gasteiger charge is 2.28. The van der Waals surface area contributed by atoms with Gasteiger partial charge in [0.1, 0.15) is 5.75 Å². The van der Waals surface area contributed by atoms with E-state index in [-0.39, 0.29) is 42.7 Å². The number of benzene rings is 2. The smallest absolute Gasteiger partial charge is 0.306 e. The predicted molar refractivity (Wildman–Crippen MR) is 137 cm³/mol. The van der Waals surface area contributed by atoms with Gasteiger partial charge in [0.05, 0.1) is 23.5 Å². The fraction of sp³-hybridized carbons (Fsp3) is 0.423. The van der Waals surface area contributed by atoms with Gasteiger partial charge in [-0.1, -0.05) is 0 Å². The molecule has 4 rings (SSSR count). The highest BCUT2D eigenvalue weighted by Crippen LogP contribution is 2.28. The summed E-state index contributed by atoms with van der Waals surface area (Å²) in [5.74, 6) is -0.869. The van der Waals surface area contributed by atoms with Crippen molar-refractivity contribution >= 4 is 33.5 Å². The summed E-state index contributed by atoms with van der Waals surface area (Å²) in [5, 5.41) is 14.6. The van der Waals surface area contributed by atoms with Crippen LogP contribution in [0.5, 0.6) is 5.75 Å². The summed E-state index contributed by atoms with van der Waals surface area (Å²) >= 11 is 0. The Kier molecular flexibility index (Phi) is 8.32. The van der Waals surface area contributed by atoms with Crippen molar-refractivity contribution in [1.29, 1.82) is 0 Å². The largest absolute Gasteiger partial charge is 0.490 e. The van der Waals surface area contributed by atoms with Crippen molar-refractivity contribution in [2.45, 2.75) is 38.2 Å². The summed E-state index contributed by atoms with van der Waals surface area (Å²) in [6.45, 7) is 0.908. The lowest BCUT2D eigenvalue weighted by molar-refractivity contribution is -0.143. The molecule has 0 spiro atoms. The minimum atomic E-state index is -3.27. The summed E-state index contributed by atoms with van der Waals surface area (Å²) in [5.41, 5.74) is 1.41. The standard InChI is InChI=1S/C26H31N3O7S/c30-24(18-2-8-21(9-3-18)29-16-1-17-37(29,34)35)27-14-15-28-25(31)19-4-10-22(11-5-19)36-23-12-6-20(7-13-23)26(32)33/h2-5,8-11,20,23H,1,6-7,12-17H2,(H,27,30)(H,28,31)(H,32,33). The lowest BCUT2D eigenvalue weighted by atomic mass is 9.87. The highest BCUT2D eigenvalue weighted by molar-refractivity contribution is 7.93. The number of carboxylic acid groups (broad SMARTS) is 1. The van der Waals surface area contributed by atoms with E-state index in [4.69, 9.17) is 9.84 Å². The van der Waals surface area contributed by atoms with E-state index >= 15 is 0 Å². The van der Waals surface area contributed by atoms with Crippen molar-refractivity contribution in [3.63, 3.8) is 0 Å². The topological polar surface area (TPSA) is 142 Å². The van der Waals surface area contributed by atoms with E-state index in [1.165, 1.54) is 4.31 Å². The molecule has 1 saturated carbocycles. The Morgan fingerprint density at radius 2 is 1.41 bits per heavy atom. The van der Waals surface area contributed by atoms with Crippen LogP contribution >= 0.6 is 0 Å². The fourth-order valence-electron chi connectivity index (χ4n) is 4.57. The van der Waals surface area contributed by atoms with Gasteiger partial charge in [-0.15, -0.1) is 0 Å². The molecule has 37 heavy (non-hydrogen) atoms. The second kappa shape index (κ2) is 11.6. The maximum Gasteiger partial charge on any atom is 0.306 e. The number of carboxylic acids is 1. The van der Waals surface area contributed by atoms with Crippen molar-refractivity contribution in [3.05, 3.63) is 59.7 Å². The molecule has 11 heteroatoms. The van der Waals surface area contributed by atoms with Crippen molar-refractivity contribution < 1.29 is 32.6 Å². The molecule has 2 aliphatic rings. The fourth-order valence-corrected chi connectivity index (χ4v) is 6.13. The van der Waals surface area contributed by atoms with E-state index in [2.05, 4.69) is 10.6 Å². The number of nitrogens with zero attached hydrogens (tertiary/aromatic N) is 1. The second-order valence-electron chi connectivity index (χ2n) is 9.25. The lowest BCUT2D eigenvalue weighted by Gasteiger charge is -2.26. The third-order valence-corrected chi connectivity index (χ3v) is 8.53. The van der Waals surface area contributed by atoms with Crippen LogP contribution in [-0.2, 0) is 14.8 Å². The summed E-state index contributed by atoms with van der Waals surface area (Å²) in [6, 6.07) is 13.2. The zero-order chi connectivity index (χ0) is 26.4. The molecule has 1 aliphatic carbocycles. The molecule has 1 heterocycles. The zero-order valence-corrected chi connectivity index (χ0v) is 21.2. The summed E-state index contributed by atoms with van der Waals surface area (Å²) in [7, 11) is -3.27. The highest BCUT2D eigenvalue weighted by atomic mass is 32.2. The van der Waals surface area contributed by atoms with E-state index in [0.717, 1.165) is 0 Å². The first kappa shape index (κ1) is 26.5. The molecular weight excluding hydrogens is 498 g/mol. The summed E-state index contributed by atoms with van der Waals surface area (Å²) in [4.78, 5) is 35.8. The predicted octanol–water partition coefficient (Wildman–Crippen LogP) is 2.41. The van der Waals surface area contributed by atoms with Gasteiger partial charge in [0, 0.05) is 30.8 Å². The second-order valence-corrected chi connectivity index (χ2v) is 11.3. The van der Waals surface area contributed by atoms with Gasteiger partial charge in [-0.2, -0.15) is 0 Å². The summed E-state index contributed by atoms with van der Waals surface area (Å²) < 4.78 is 31.3. The normalized spacial score (nSPS) is 20.7. The molecular formula is C26H31N3O7S. The lowest BCUT2D eigenvalue weighted by Crippen LogP contribution is -2.34. The first-order valence-corrected chi connectivity index (χ1v) is 14.0. The van der Waals surface area contributed by atoms with Gasteiger partial charge in [0.25, 0.3) is 11.8 Å². The molecule has 0 unspecified atom stereocenters. The Morgan fingerprint density at radius 3 is 1.89 bits per heavy atom. The van der Waals surface area contributed by atoms with Crippen LogP contribution in [0.1, 0.15) is 52.8 Å². The van der Waals surface area contributed by atoms with Crippen LogP contribution in [0.3, 0.4) is 0 Å². The Hall–Kier alpha value is -3.60. The Labute approximate surface area is 216 Å². The van der Waals surface area contributed by atoms with Gasteiger partial charge < -0.3 is 20.5 Å². The number of rotatable bonds is 9.